The number of hydrogen-bond donors (Lipinski definition) is 0. The highest BCUT2D eigenvalue weighted by atomic mass is 35.5. The lowest BCUT2D eigenvalue weighted by molar-refractivity contribution is 0.0629. The summed E-state index contributed by atoms with van der Waals surface area (Å²) in [6.07, 6.45) is 0. The lowest BCUT2D eigenvalue weighted by atomic mass is 10.1. The highest BCUT2D eigenvalue weighted by Gasteiger charge is 2.26. The van der Waals surface area contributed by atoms with Gasteiger partial charge in [-0.2, -0.15) is 0 Å². The van der Waals surface area contributed by atoms with Crippen LogP contribution in [0.3, 0.4) is 0 Å². The Hall–Kier alpha value is -2.67. The Kier molecular flexibility index (Phi) is 6.70. The highest BCUT2D eigenvalue weighted by Crippen LogP contribution is 2.24. The maximum absolute atomic E-state index is 13.3. The van der Waals surface area contributed by atoms with E-state index in [4.69, 9.17) is 11.6 Å². The summed E-state index contributed by atoms with van der Waals surface area (Å²) in [6, 6.07) is 18.9. The average molecular weight is 454 g/mol. The molecule has 0 unspecified atom stereocenters. The molecule has 0 bridgehead atoms. The van der Waals surface area contributed by atoms with Crippen molar-refractivity contribution in [2.24, 2.45) is 0 Å². The second-order valence-electron chi connectivity index (χ2n) is 7.56. The second kappa shape index (κ2) is 9.64. The minimum Gasteiger partial charge on any atom is -0.336 e. The Morgan fingerprint density at radius 3 is 2.48 bits per heavy atom. The van der Waals surface area contributed by atoms with E-state index in [1.165, 1.54) is 16.9 Å². The molecule has 0 atom stereocenters. The third-order valence-electron chi connectivity index (χ3n) is 5.49. The molecule has 2 aromatic carbocycles. The molecule has 1 aromatic heterocycles. The number of piperazine rings is 1. The topological polar surface area (TPSA) is 43.9 Å². The lowest BCUT2D eigenvalue weighted by Gasteiger charge is -2.35. The largest absolute Gasteiger partial charge is 0.336 e. The van der Waals surface area contributed by atoms with Crippen LogP contribution in [0.25, 0.3) is 0 Å². The number of rotatable bonds is 5. The van der Waals surface area contributed by atoms with Gasteiger partial charge in [-0.1, -0.05) is 41.9 Å². The van der Waals surface area contributed by atoms with Crippen molar-refractivity contribution < 1.29 is 9.59 Å². The lowest BCUT2D eigenvalue weighted by Crippen LogP contribution is -2.48. The number of para-hydroxylation sites is 1. The second-order valence-corrected chi connectivity index (χ2v) is 8.94. The molecule has 0 spiro atoms. The molecular weight excluding hydrogens is 430 g/mol. The van der Waals surface area contributed by atoms with E-state index in [-0.39, 0.29) is 11.8 Å². The average Bonchev–Trinajstić information content (AvgIpc) is 3.33. The van der Waals surface area contributed by atoms with Crippen molar-refractivity contribution in [1.29, 1.82) is 0 Å². The van der Waals surface area contributed by atoms with Crippen LogP contribution in [0.1, 0.15) is 25.6 Å². The van der Waals surface area contributed by atoms with Crippen molar-refractivity contribution >= 4 is 40.4 Å². The number of anilines is 1. The minimum atomic E-state index is -0.110. The number of benzene rings is 2. The molecule has 1 saturated heterocycles. The summed E-state index contributed by atoms with van der Waals surface area (Å²) in [6.45, 7) is 3.71. The molecule has 31 heavy (non-hydrogen) atoms. The first kappa shape index (κ1) is 21.6. The predicted molar refractivity (Wildman–Crippen MR) is 126 cm³/mol. The van der Waals surface area contributed by atoms with Gasteiger partial charge < -0.3 is 9.80 Å². The number of nitrogens with zero attached hydrogens (tertiary/aromatic N) is 3. The van der Waals surface area contributed by atoms with Gasteiger partial charge in [0.1, 0.15) is 0 Å². The molecule has 7 heteroatoms. The summed E-state index contributed by atoms with van der Waals surface area (Å²) in [5.74, 6) is -0.148. The fourth-order valence-corrected chi connectivity index (χ4v) is 4.71. The van der Waals surface area contributed by atoms with Crippen molar-refractivity contribution in [2.75, 3.05) is 38.1 Å². The van der Waals surface area contributed by atoms with E-state index in [2.05, 4.69) is 11.0 Å². The summed E-state index contributed by atoms with van der Waals surface area (Å²) < 4.78 is 0. The number of carbonyl (C=O) groups is 2. The molecule has 3 aromatic rings. The monoisotopic (exact) mass is 453 g/mol. The van der Waals surface area contributed by atoms with Crippen LogP contribution < -0.4 is 4.90 Å². The smallest absolute Gasteiger partial charge is 0.268 e. The van der Waals surface area contributed by atoms with Gasteiger partial charge in [-0.15, -0.1) is 11.3 Å². The number of hydrogen-bond acceptors (Lipinski definition) is 4. The van der Waals surface area contributed by atoms with Gasteiger partial charge in [-0.05, 0) is 41.3 Å². The molecule has 0 saturated carbocycles. The summed E-state index contributed by atoms with van der Waals surface area (Å²) >= 11 is 7.49. The normalized spacial score (nSPS) is 14.5. The van der Waals surface area contributed by atoms with Gasteiger partial charge in [-0.25, -0.2) is 0 Å². The predicted octanol–water partition coefficient (Wildman–Crippen LogP) is 4.64. The third kappa shape index (κ3) is 4.98. The Bertz CT molecular complexity index is 1060. The Labute approximate surface area is 191 Å². The van der Waals surface area contributed by atoms with E-state index < -0.39 is 0 Å². The van der Waals surface area contributed by atoms with Gasteiger partial charge in [0, 0.05) is 44.8 Å². The molecule has 160 valence electrons. The Morgan fingerprint density at radius 2 is 1.77 bits per heavy atom. The number of carbonyl (C=O) groups excluding carboxylic acids is 2. The standard InChI is InChI=1S/C24H24ClN3O2S/c1-26(24(30)22-10-5-15-31-22)21-9-3-2-8-20(21)23(29)28-13-11-27(12-14-28)17-18-6-4-7-19(25)16-18/h2-10,15-16H,11-14,17H2,1H3. The van der Waals surface area contributed by atoms with Crippen LogP contribution in [-0.4, -0.2) is 54.8 Å². The van der Waals surface area contributed by atoms with Crippen LogP contribution in [0.4, 0.5) is 5.69 Å². The number of amides is 2. The van der Waals surface area contributed by atoms with E-state index in [9.17, 15) is 9.59 Å². The Morgan fingerprint density at radius 1 is 1.00 bits per heavy atom. The SMILES string of the molecule is CN(C(=O)c1cccs1)c1ccccc1C(=O)N1CCN(Cc2cccc(Cl)c2)CC1. The molecule has 5 nitrogen and oxygen atoms in total. The summed E-state index contributed by atoms with van der Waals surface area (Å²) in [5.41, 5.74) is 2.36. The first-order chi connectivity index (χ1) is 15.0. The molecule has 0 aliphatic carbocycles. The van der Waals surface area contributed by atoms with Crippen molar-refractivity contribution in [2.45, 2.75) is 6.54 Å². The van der Waals surface area contributed by atoms with Crippen LogP contribution in [0, 0.1) is 0 Å². The molecule has 1 aliphatic heterocycles. The fourth-order valence-electron chi connectivity index (χ4n) is 3.79. The molecule has 1 fully saturated rings. The van der Waals surface area contributed by atoms with Crippen LogP contribution >= 0.6 is 22.9 Å². The zero-order valence-corrected chi connectivity index (χ0v) is 18.9. The number of halogens is 1. The van der Waals surface area contributed by atoms with E-state index in [1.54, 1.807) is 24.1 Å². The number of thiophene rings is 1. The van der Waals surface area contributed by atoms with Crippen LogP contribution in [0.15, 0.2) is 66.0 Å². The quantitative estimate of drug-likeness (QED) is 0.565. The maximum Gasteiger partial charge on any atom is 0.268 e. The van der Waals surface area contributed by atoms with Crippen LogP contribution in [-0.2, 0) is 6.54 Å². The van der Waals surface area contributed by atoms with E-state index in [0.29, 0.717) is 29.2 Å². The summed E-state index contributed by atoms with van der Waals surface area (Å²) in [7, 11) is 1.72. The first-order valence-corrected chi connectivity index (χ1v) is 11.5. The van der Waals surface area contributed by atoms with E-state index in [1.807, 2.05) is 52.7 Å². The first-order valence-electron chi connectivity index (χ1n) is 10.2. The zero-order valence-electron chi connectivity index (χ0n) is 17.3. The molecule has 0 radical (unpaired) electrons. The molecule has 4 rings (SSSR count). The van der Waals surface area contributed by atoms with E-state index >= 15 is 0 Å². The maximum atomic E-state index is 13.3. The van der Waals surface area contributed by atoms with Gasteiger partial charge in [0.25, 0.3) is 11.8 Å². The van der Waals surface area contributed by atoms with Crippen molar-refractivity contribution in [3.63, 3.8) is 0 Å². The molecule has 0 N–H and O–H groups in total. The van der Waals surface area contributed by atoms with Crippen LogP contribution in [0.5, 0.6) is 0 Å². The Balaban J connectivity index is 1.43. The zero-order chi connectivity index (χ0) is 21.8. The fraction of sp³-hybridized carbons (Fsp3) is 0.250. The van der Waals surface area contributed by atoms with Gasteiger partial charge in [-0.3, -0.25) is 14.5 Å². The van der Waals surface area contributed by atoms with Gasteiger partial charge >= 0.3 is 0 Å². The van der Waals surface area contributed by atoms with Gasteiger partial charge in [0.15, 0.2) is 0 Å². The summed E-state index contributed by atoms with van der Waals surface area (Å²) in [5, 5.41) is 2.62. The molecule has 2 heterocycles. The van der Waals surface area contributed by atoms with E-state index in [0.717, 1.165) is 24.7 Å². The molecular formula is C24H24ClN3O2S. The van der Waals surface area contributed by atoms with Crippen molar-refractivity contribution in [1.82, 2.24) is 9.80 Å². The van der Waals surface area contributed by atoms with Crippen molar-refractivity contribution in [3.8, 4) is 0 Å². The molecule has 1 aliphatic rings. The molecule has 2 amide bonds. The van der Waals surface area contributed by atoms with Crippen LogP contribution in [0.2, 0.25) is 5.02 Å². The highest BCUT2D eigenvalue weighted by molar-refractivity contribution is 7.12. The summed E-state index contributed by atoms with van der Waals surface area (Å²) in [4.78, 5) is 32.5. The van der Waals surface area contributed by atoms with Gasteiger partial charge in [0.2, 0.25) is 0 Å². The minimum absolute atomic E-state index is 0.0381. The third-order valence-corrected chi connectivity index (χ3v) is 6.58. The van der Waals surface area contributed by atoms with Crippen molar-refractivity contribution in [3.05, 3.63) is 87.1 Å². The van der Waals surface area contributed by atoms with Gasteiger partial charge in [0.05, 0.1) is 16.1 Å².